The van der Waals surface area contributed by atoms with Crippen molar-refractivity contribution in [3.63, 3.8) is 0 Å². The number of ketones is 1. The normalized spacial score (nSPS) is 38.0. The predicted octanol–water partition coefficient (Wildman–Crippen LogP) is 5.13. The number of carbonyl (C=O) groups excluding carboxylic acids is 2. The van der Waals surface area contributed by atoms with E-state index in [0.717, 1.165) is 43.3 Å². The zero-order valence-electron chi connectivity index (χ0n) is 20.6. The minimum atomic E-state index is -0.457. The van der Waals surface area contributed by atoms with E-state index in [1.54, 1.807) is 6.92 Å². The van der Waals surface area contributed by atoms with Gasteiger partial charge in [-0.2, -0.15) is 11.8 Å². The summed E-state index contributed by atoms with van der Waals surface area (Å²) >= 11 is 1.93. The molecule has 1 saturated heterocycles. The van der Waals surface area contributed by atoms with Gasteiger partial charge in [-0.3, -0.25) is 4.79 Å². The van der Waals surface area contributed by atoms with Gasteiger partial charge in [-0.25, -0.2) is 4.79 Å². The smallest absolute Gasteiger partial charge is 0.343 e. The summed E-state index contributed by atoms with van der Waals surface area (Å²) in [6.45, 7) is 2.09. The van der Waals surface area contributed by atoms with Gasteiger partial charge in [0.25, 0.3) is 0 Å². The number of Topliss-reactive ketones (excluding diaryl/α,β-unsaturated/α-hetero) is 1. The Bertz CT molecular complexity index is 980. The maximum Gasteiger partial charge on any atom is 0.343 e. The van der Waals surface area contributed by atoms with Crippen molar-refractivity contribution in [2.75, 3.05) is 6.61 Å². The molecule has 0 amide bonds. The van der Waals surface area contributed by atoms with Crippen LogP contribution in [0.2, 0.25) is 0 Å². The van der Waals surface area contributed by atoms with Gasteiger partial charge in [0.15, 0.2) is 5.78 Å². The number of carbonyl (C=O) groups is 2. The first-order chi connectivity index (χ1) is 17.1. The van der Waals surface area contributed by atoms with Gasteiger partial charge >= 0.3 is 5.97 Å². The molecule has 35 heavy (non-hydrogen) atoms. The fraction of sp³-hybridized carbons (Fsp3) is 0.655. The van der Waals surface area contributed by atoms with E-state index in [-0.39, 0.29) is 48.2 Å². The van der Waals surface area contributed by atoms with Crippen LogP contribution < -0.4 is 0 Å². The van der Waals surface area contributed by atoms with Gasteiger partial charge in [-0.05, 0) is 50.0 Å². The molecule has 6 rings (SSSR count). The molecule has 0 radical (unpaired) electrons. The summed E-state index contributed by atoms with van der Waals surface area (Å²) in [5, 5.41) is 0.344. The Labute approximate surface area is 213 Å². The average Bonchev–Trinajstić information content (AvgIpc) is 2.88. The second-order valence-electron chi connectivity index (χ2n) is 11.1. The molecule has 3 aliphatic carbocycles. The molecule has 0 aromatic heterocycles. The number of esters is 1. The van der Waals surface area contributed by atoms with E-state index in [9.17, 15) is 9.59 Å². The van der Waals surface area contributed by atoms with Crippen LogP contribution in [-0.2, 0) is 24.8 Å². The highest BCUT2D eigenvalue weighted by Gasteiger charge is 2.56. The van der Waals surface area contributed by atoms with E-state index < -0.39 is 5.97 Å². The minimum absolute atomic E-state index is 0.0342. The molecular weight excluding hydrogens is 458 g/mol. The molecule has 0 N–H and O–H groups in total. The molecule has 2 aliphatic heterocycles. The highest BCUT2D eigenvalue weighted by atomic mass is 32.2. The topological polar surface area (TPSA) is 55.8 Å². The summed E-state index contributed by atoms with van der Waals surface area (Å²) in [4.78, 5) is 28.9. The Kier molecular flexibility index (Phi) is 6.70. The SMILES string of the molecule is CCOC(=O)C1=CN2C3CC4CCCCC4CC3OC3CC(SCc4ccccc4)CC(C1=O)C32. The third-order valence-corrected chi connectivity index (χ3v) is 10.5. The van der Waals surface area contributed by atoms with Gasteiger partial charge in [0.05, 0.1) is 30.9 Å². The van der Waals surface area contributed by atoms with E-state index in [1.807, 2.05) is 24.0 Å². The van der Waals surface area contributed by atoms with Gasteiger partial charge in [-0.1, -0.05) is 56.0 Å². The quantitative estimate of drug-likeness (QED) is 0.417. The fourth-order valence-electron chi connectivity index (χ4n) is 7.58. The second-order valence-corrected chi connectivity index (χ2v) is 12.4. The summed E-state index contributed by atoms with van der Waals surface area (Å²) in [5.74, 6) is 1.76. The number of morpholine rings is 1. The Morgan fingerprint density at radius 3 is 2.60 bits per heavy atom. The van der Waals surface area contributed by atoms with E-state index in [0.29, 0.717) is 5.25 Å². The van der Waals surface area contributed by atoms with Crippen LogP contribution in [0.3, 0.4) is 0 Å². The first-order valence-electron chi connectivity index (χ1n) is 13.6. The van der Waals surface area contributed by atoms with Gasteiger partial charge in [0.1, 0.15) is 5.57 Å². The second kappa shape index (κ2) is 9.93. The van der Waals surface area contributed by atoms with Crippen molar-refractivity contribution in [3.8, 4) is 0 Å². The van der Waals surface area contributed by atoms with Gasteiger partial charge in [0.2, 0.25) is 0 Å². The number of benzene rings is 1. The van der Waals surface area contributed by atoms with Crippen molar-refractivity contribution >= 4 is 23.5 Å². The highest BCUT2D eigenvalue weighted by molar-refractivity contribution is 7.99. The Morgan fingerprint density at radius 1 is 1.06 bits per heavy atom. The molecule has 1 aromatic carbocycles. The lowest BCUT2D eigenvalue weighted by molar-refractivity contribution is -0.192. The number of ether oxygens (including phenoxy) is 2. The molecule has 8 atom stereocenters. The largest absolute Gasteiger partial charge is 0.462 e. The minimum Gasteiger partial charge on any atom is -0.462 e. The summed E-state index contributed by atoms with van der Waals surface area (Å²) in [7, 11) is 0. The van der Waals surface area contributed by atoms with Gasteiger partial charge in [-0.15, -0.1) is 0 Å². The standard InChI is InChI=1S/C29H37NO4S/c1-2-33-29(32)23-16-30-24-12-19-10-6-7-11-20(19)13-25(24)34-26-15-21(14-22(27(26)30)28(23)31)35-17-18-8-4-3-5-9-18/h3-5,8-9,16,19-22,24-27H,2,6-7,10-15,17H2,1H3. The number of nitrogens with zero attached hydrogens (tertiary/aromatic N) is 1. The maximum atomic E-state index is 13.7. The first kappa shape index (κ1) is 23.6. The Balaban J connectivity index is 1.28. The molecule has 5 nitrogen and oxygen atoms in total. The van der Waals surface area contributed by atoms with Crippen LogP contribution in [-0.4, -0.2) is 52.8 Å². The summed E-state index contributed by atoms with van der Waals surface area (Å²) < 4.78 is 12.2. The molecule has 8 unspecified atom stereocenters. The highest BCUT2D eigenvalue weighted by Crippen LogP contribution is 2.51. The van der Waals surface area contributed by atoms with E-state index in [4.69, 9.17) is 9.47 Å². The van der Waals surface area contributed by atoms with Crippen LogP contribution in [0, 0.1) is 17.8 Å². The molecule has 1 aromatic rings. The number of fused-ring (bicyclic) bond motifs is 3. The van der Waals surface area contributed by atoms with Crippen LogP contribution in [0.5, 0.6) is 0 Å². The third kappa shape index (κ3) is 4.46. The van der Waals surface area contributed by atoms with E-state index in [2.05, 4.69) is 29.2 Å². The van der Waals surface area contributed by atoms with Crippen molar-refractivity contribution < 1.29 is 19.1 Å². The molecule has 0 bridgehead atoms. The van der Waals surface area contributed by atoms with Crippen molar-refractivity contribution in [1.82, 2.24) is 4.90 Å². The Hall–Kier alpha value is -1.79. The fourth-order valence-corrected chi connectivity index (χ4v) is 8.87. The van der Waals surface area contributed by atoms with Crippen molar-refractivity contribution in [2.45, 2.75) is 93.6 Å². The Morgan fingerprint density at radius 2 is 1.83 bits per heavy atom. The van der Waals surface area contributed by atoms with Crippen molar-refractivity contribution in [1.29, 1.82) is 0 Å². The van der Waals surface area contributed by atoms with Crippen LogP contribution in [0.1, 0.15) is 63.9 Å². The number of thioether (sulfide) groups is 1. The van der Waals surface area contributed by atoms with Crippen LogP contribution in [0.25, 0.3) is 0 Å². The van der Waals surface area contributed by atoms with Crippen LogP contribution in [0.4, 0.5) is 0 Å². The zero-order valence-corrected chi connectivity index (χ0v) is 21.5. The van der Waals surface area contributed by atoms with Gasteiger partial charge < -0.3 is 14.4 Å². The third-order valence-electron chi connectivity index (χ3n) is 9.16. The molecule has 2 heterocycles. The first-order valence-corrected chi connectivity index (χ1v) is 14.7. The lowest BCUT2D eigenvalue weighted by Gasteiger charge is -2.59. The summed E-state index contributed by atoms with van der Waals surface area (Å²) in [5.41, 5.74) is 1.57. The number of hydrogen-bond acceptors (Lipinski definition) is 6. The average molecular weight is 496 g/mol. The van der Waals surface area contributed by atoms with Crippen molar-refractivity contribution in [2.24, 2.45) is 17.8 Å². The summed E-state index contributed by atoms with van der Waals surface area (Å²) in [6.07, 6.45) is 11.5. The molecule has 0 spiro atoms. The van der Waals surface area contributed by atoms with E-state index in [1.165, 1.54) is 31.2 Å². The molecule has 188 valence electrons. The zero-order chi connectivity index (χ0) is 23.9. The van der Waals surface area contributed by atoms with E-state index >= 15 is 0 Å². The monoisotopic (exact) mass is 495 g/mol. The molecular formula is C29H37NO4S. The lowest BCUT2D eigenvalue weighted by atomic mass is 9.65. The lowest BCUT2D eigenvalue weighted by Crippen LogP contribution is -2.68. The van der Waals surface area contributed by atoms with Gasteiger partial charge in [0, 0.05) is 23.1 Å². The molecule has 4 fully saturated rings. The van der Waals surface area contributed by atoms with Crippen LogP contribution in [0.15, 0.2) is 42.1 Å². The van der Waals surface area contributed by atoms with Crippen molar-refractivity contribution in [3.05, 3.63) is 47.7 Å². The number of rotatable bonds is 5. The summed E-state index contributed by atoms with van der Waals surface area (Å²) in [6, 6.07) is 10.9. The van der Waals surface area contributed by atoms with Crippen LogP contribution >= 0.6 is 11.8 Å². The molecule has 3 saturated carbocycles. The number of hydrogen-bond donors (Lipinski definition) is 0. The maximum absolute atomic E-state index is 13.7. The predicted molar refractivity (Wildman–Crippen MR) is 137 cm³/mol. The molecule has 5 aliphatic rings. The molecule has 6 heteroatoms.